The molecule has 0 saturated carbocycles. The summed E-state index contributed by atoms with van der Waals surface area (Å²) >= 11 is 5.76. The van der Waals surface area contributed by atoms with Gasteiger partial charge in [-0.3, -0.25) is 4.79 Å². The van der Waals surface area contributed by atoms with E-state index in [0.717, 1.165) is 5.57 Å². The van der Waals surface area contributed by atoms with E-state index in [0.29, 0.717) is 10.8 Å². The molecular weight excluding hydrogens is 200 g/mol. The van der Waals surface area contributed by atoms with Gasteiger partial charge in [0.1, 0.15) is 0 Å². The fraction of sp³-hybridized carbons (Fsp3) is 0.200. The maximum absolute atomic E-state index is 11.3. The van der Waals surface area contributed by atoms with E-state index in [4.69, 9.17) is 11.6 Å². The van der Waals surface area contributed by atoms with Crippen molar-refractivity contribution in [3.63, 3.8) is 0 Å². The number of hydrogen-bond acceptors (Lipinski definition) is 2. The van der Waals surface area contributed by atoms with E-state index in [9.17, 15) is 4.79 Å². The van der Waals surface area contributed by atoms with Crippen molar-refractivity contribution < 1.29 is 4.79 Å². The average molecular weight is 211 g/mol. The van der Waals surface area contributed by atoms with Gasteiger partial charge in [0.05, 0.1) is 5.69 Å². The van der Waals surface area contributed by atoms with Gasteiger partial charge in [-0.2, -0.15) is 0 Å². The standard InChI is InChI=1S/C10H11ClN2O/c1-7(2)6-9(14)13-8-4-3-5-12-10(8)11/h3-6H,1-2H3,(H,13,14). The molecule has 1 N–H and O–H groups in total. The van der Waals surface area contributed by atoms with Crippen molar-refractivity contribution in [2.24, 2.45) is 0 Å². The van der Waals surface area contributed by atoms with Crippen LogP contribution in [0.15, 0.2) is 30.0 Å². The average Bonchev–Trinajstić information content (AvgIpc) is 2.07. The van der Waals surface area contributed by atoms with Gasteiger partial charge in [0.2, 0.25) is 5.91 Å². The number of halogens is 1. The molecule has 0 radical (unpaired) electrons. The van der Waals surface area contributed by atoms with Crippen LogP contribution in [0.2, 0.25) is 5.15 Å². The fourth-order valence-corrected chi connectivity index (χ4v) is 1.08. The second-order valence-corrected chi connectivity index (χ2v) is 3.41. The maximum atomic E-state index is 11.3. The molecule has 0 atom stereocenters. The highest BCUT2D eigenvalue weighted by Crippen LogP contribution is 2.17. The number of allylic oxidation sites excluding steroid dienone is 1. The molecule has 0 aliphatic carbocycles. The molecule has 0 unspecified atom stereocenters. The number of amides is 1. The largest absolute Gasteiger partial charge is 0.320 e. The van der Waals surface area contributed by atoms with Crippen molar-refractivity contribution in [1.29, 1.82) is 0 Å². The van der Waals surface area contributed by atoms with Gasteiger partial charge >= 0.3 is 0 Å². The van der Waals surface area contributed by atoms with E-state index in [-0.39, 0.29) is 5.91 Å². The Hall–Kier alpha value is -1.35. The van der Waals surface area contributed by atoms with Crippen LogP contribution in [0.5, 0.6) is 0 Å². The van der Waals surface area contributed by atoms with Gasteiger partial charge in [-0.1, -0.05) is 17.2 Å². The molecule has 0 fully saturated rings. The lowest BCUT2D eigenvalue weighted by Gasteiger charge is -2.03. The Morgan fingerprint density at radius 2 is 2.29 bits per heavy atom. The Morgan fingerprint density at radius 3 is 2.86 bits per heavy atom. The molecule has 1 aromatic rings. The van der Waals surface area contributed by atoms with E-state index in [1.54, 1.807) is 18.3 Å². The lowest BCUT2D eigenvalue weighted by atomic mass is 10.3. The molecule has 3 nitrogen and oxygen atoms in total. The zero-order valence-corrected chi connectivity index (χ0v) is 8.80. The summed E-state index contributed by atoms with van der Waals surface area (Å²) in [7, 11) is 0. The van der Waals surface area contributed by atoms with Gasteiger partial charge < -0.3 is 5.32 Å². The van der Waals surface area contributed by atoms with Crippen LogP contribution < -0.4 is 5.32 Å². The quantitative estimate of drug-likeness (QED) is 0.602. The number of anilines is 1. The minimum atomic E-state index is -0.195. The lowest BCUT2D eigenvalue weighted by molar-refractivity contribution is -0.111. The molecule has 1 rings (SSSR count). The predicted molar refractivity (Wildman–Crippen MR) is 57.3 cm³/mol. The summed E-state index contributed by atoms with van der Waals surface area (Å²) in [6.45, 7) is 3.70. The topological polar surface area (TPSA) is 42.0 Å². The van der Waals surface area contributed by atoms with Crippen LogP contribution >= 0.6 is 11.6 Å². The summed E-state index contributed by atoms with van der Waals surface area (Å²) in [4.78, 5) is 15.1. The van der Waals surface area contributed by atoms with Crippen LogP contribution in [-0.4, -0.2) is 10.9 Å². The number of nitrogens with zero attached hydrogens (tertiary/aromatic N) is 1. The second kappa shape index (κ2) is 4.77. The highest BCUT2D eigenvalue weighted by atomic mass is 35.5. The van der Waals surface area contributed by atoms with Gasteiger partial charge in [-0.05, 0) is 26.0 Å². The van der Waals surface area contributed by atoms with Crippen molar-refractivity contribution in [3.8, 4) is 0 Å². The second-order valence-electron chi connectivity index (χ2n) is 3.05. The van der Waals surface area contributed by atoms with Gasteiger partial charge in [0.25, 0.3) is 0 Å². The van der Waals surface area contributed by atoms with Crippen LogP contribution in [0, 0.1) is 0 Å². The Kier molecular flexibility index (Phi) is 3.65. The Balaban J connectivity index is 2.75. The molecule has 0 bridgehead atoms. The summed E-state index contributed by atoms with van der Waals surface area (Å²) in [6, 6.07) is 3.41. The fourth-order valence-electron chi connectivity index (χ4n) is 0.910. The molecule has 0 saturated heterocycles. The normalized spacial score (nSPS) is 9.36. The number of carbonyl (C=O) groups excluding carboxylic acids is 1. The molecule has 1 aromatic heterocycles. The summed E-state index contributed by atoms with van der Waals surface area (Å²) in [6.07, 6.45) is 3.07. The first-order valence-corrected chi connectivity index (χ1v) is 4.54. The molecule has 4 heteroatoms. The molecule has 0 aliphatic rings. The molecule has 74 valence electrons. The van der Waals surface area contributed by atoms with Crippen molar-refractivity contribution in [2.45, 2.75) is 13.8 Å². The lowest BCUT2D eigenvalue weighted by Crippen LogP contribution is -2.09. The Labute approximate surface area is 87.8 Å². The van der Waals surface area contributed by atoms with Crippen molar-refractivity contribution >= 4 is 23.2 Å². The number of rotatable bonds is 2. The highest BCUT2D eigenvalue weighted by Gasteiger charge is 2.02. The smallest absolute Gasteiger partial charge is 0.248 e. The molecule has 0 aromatic carbocycles. The third kappa shape index (κ3) is 3.18. The van der Waals surface area contributed by atoms with E-state index >= 15 is 0 Å². The third-order valence-electron chi connectivity index (χ3n) is 1.44. The summed E-state index contributed by atoms with van der Waals surface area (Å²) in [5.41, 5.74) is 1.46. The Morgan fingerprint density at radius 1 is 1.57 bits per heavy atom. The number of pyridine rings is 1. The van der Waals surface area contributed by atoms with Crippen LogP contribution in [-0.2, 0) is 4.79 Å². The van der Waals surface area contributed by atoms with E-state index in [1.807, 2.05) is 13.8 Å². The van der Waals surface area contributed by atoms with E-state index in [1.165, 1.54) is 6.08 Å². The highest BCUT2D eigenvalue weighted by molar-refractivity contribution is 6.32. The van der Waals surface area contributed by atoms with Crippen LogP contribution in [0.1, 0.15) is 13.8 Å². The first-order valence-electron chi connectivity index (χ1n) is 4.16. The molecular formula is C10H11ClN2O. The molecule has 14 heavy (non-hydrogen) atoms. The van der Waals surface area contributed by atoms with Crippen molar-refractivity contribution in [1.82, 2.24) is 4.98 Å². The molecule has 0 spiro atoms. The minimum Gasteiger partial charge on any atom is -0.320 e. The summed E-state index contributed by atoms with van der Waals surface area (Å²) < 4.78 is 0. The first-order chi connectivity index (χ1) is 6.59. The zero-order chi connectivity index (χ0) is 10.6. The Bertz CT molecular complexity index is 370. The van der Waals surface area contributed by atoms with E-state index in [2.05, 4.69) is 10.3 Å². The van der Waals surface area contributed by atoms with Crippen molar-refractivity contribution in [3.05, 3.63) is 35.1 Å². The molecule has 1 amide bonds. The van der Waals surface area contributed by atoms with Gasteiger partial charge in [0.15, 0.2) is 5.15 Å². The van der Waals surface area contributed by atoms with Gasteiger partial charge in [-0.25, -0.2) is 4.98 Å². The van der Waals surface area contributed by atoms with Crippen LogP contribution in [0.3, 0.4) is 0 Å². The van der Waals surface area contributed by atoms with Crippen molar-refractivity contribution in [2.75, 3.05) is 5.32 Å². The van der Waals surface area contributed by atoms with Crippen LogP contribution in [0.4, 0.5) is 5.69 Å². The number of hydrogen-bond donors (Lipinski definition) is 1. The number of nitrogens with one attached hydrogen (secondary N) is 1. The third-order valence-corrected chi connectivity index (χ3v) is 1.74. The zero-order valence-electron chi connectivity index (χ0n) is 8.04. The summed E-state index contributed by atoms with van der Waals surface area (Å²) in [5.74, 6) is -0.195. The number of aromatic nitrogens is 1. The van der Waals surface area contributed by atoms with Crippen LogP contribution in [0.25, 0.3) is 0 Å². The maximum Gasteiger partial charge on any atom is 0.248 e. The first kappa shape index (κ1) is 10.7. The van der Waals surface area contributed by atoms with Gasteiger partial charge in [-0.15, -0.1) is 0 Å². The summed E-state index contributed by atoms with van der Waals surface area (Å²) in [5, 5.41) is 2.93. The molecule has 0 aliphatic heterocycles. The monoisotopic (exact) mass is 210 g/mol. The molecule has 1 heterocycles. The van der Waals surface area contributed by atoms with E-state index < -0.39 is 0 Å². The minimum absolute atomic E-state index is 0.195. The predicted octanol–water partition coefficient (Wildman–Crippen LogP) is 2.64. The SMILES string of the molecule is CC(C)=CC(=O)Nc1cccnc1Cl. The number of carbonyl (C=O) groups is 1. The van der Waals surface area contributed by atoms with Gasteiger partial charge in [0, 0.05) is 12.3 Å².